The summed E-state index contributed by atoms with van der Waals surface area (Å²) in [6.07, 6.45) is 0.734. The third-order valence-electron chi connectivity index (χ3n) is 2.21. The summed E-state index contributed by atoms with van der Waals surface area (Å²) in [5.41, 5.74) is 0. The number of hydrogen-bond donors (Lipinski definition) is 3. The molecule has 3 N–H and O–H groups in total. The zero-order valence-electron chi connectivity index (χ0n) is 8.41. The SMILES string of the molecule is CC(C)CC1NCC(C(=O)O)NC1=O. The average Bonchev–Trinajstić information content (AvgIpc) is 2.07. The van der Waals surface area contributed by atoms with Crippen LogP contribution < -0.4 is 10.6 Å². The van der Waals surface area contributed by atoms with Crippen molar-refractivity contribution in [2.45, 2.75) is 32.4 Å². The van der Waals surface area contributed by atoms with E-state index in [4.69, 9.17) is 5.11 Å². The Morgan fingerprint density at radius 3 is 2.71 bits per heavy atom. The molecule has 5 nitrogen and oxygen atoms in total. The lowest BCUT2D eigenvalue weighted by Crippen LogP contribution is -2.61. The molecule has 0 saturated carbocycles. The number of hydrogen-bond acceptors (Lipinski definition) is 3. The molecule has 14 heavy (non-hydrogen) atoms. The highest BCUT2D eigenvalue weighted by molar-refractivity contribution is 5.88. The average molecular weight is 200 g/mol. The van der Waals surface area contributed by atoms with Crippen LogP contribution in [-0.2, 0) is 9.59 Å². The summed E-state index contributed by atoms with van der Waals surface area (Å²) in [4.78, 5) is 22.0. The van der Waals surface area contributed by atoms with E-state index in [-0.39, 0.29) is 11.9 Å². The Balaban J connectivity index is 2.48. The van der Waals surface area contributed by atoms with Gasteiger partial charge in [0.25, 0.3) is 0 Å². The molecule has 0 spiro atoms. The third-order valence-corrected chi connectivity index (χ3v) is 2.21. The molecule has 1 heterocycles. The van der Waals surface area contributed by atoms with Gasteiger partial charge in [-0.2, -0.15) is 0 Å². The molecule has 5 heteroatoms. The number of piperazine rings is 1. The van der Waals surface area contributed by atoms with Crippen molar-refractivity contribution in [3.63, 3.8) is 0 Å². The number of amides is 1. The molecular weight excluding hydrogens is 184 g/mol. The van der Waals surface area contributed by atoms with Gasteiger partial charge in [-0.1, -0.05) is 13.8 Å². The van der Waals surface area contributed by atoms with Crippen molar-refractivity contribution in [3.05, 3.63) is 0 Å². The topological polar surface area (TPSA) is 78.4 Å². The van der Waals surface area contributed by atoms with Gasteiger partial charge in [0.2, 0.25) is 5.91 Å². The molecule has 1 aliphatic rings. The molecule has 1 rings (SSSR count). The van der Waals surface area contributed by atoms with E-state index in [1.807, 2.05) is 13.8 Å². The molecule has 0 radical (unpaired) electrons. The van der Waals surface area contributed by atoms with Crippen LogP contribution in [0.4, 0.5) is 0 Å². The van der Waals surface area contributed by atoms with Crippen molar-refractivity contribution in [3.8, 4) is 0 Å². The Kier molecular flexibility index (Phi) is 3.46. The molecule has 0 aliphatic carbocycles. The van der Waals surface area contributed by atoms with Crippen LogP contribution in [0.5, 0.6) is 0 Å². The van der Waals surface area contributed by atoms with Crippen molar-refractivity contribution >= 4 is 11.9 Å². The second kappa shape index (κ2) is 4.41. The molecule has 0 aromatic carbocycles. The predicted molar refractivity (Wildman–Crippen MR) is 50.8 cm³/mol. The van der Waals surface area contributed by atoms with E-state index < -0.39 is 12.0 Å². The molecule has 0 bridgehead atoms. The number of carbonyl (C=O) groups is 2. The van der Waals surface area contributed by atoms with E-state index >= 15 is 0 Å². The van der Waals surface area contributed by atoms with Crippen molar-refractivity contribution in [2.24, 2.45) is 5.92 Å². The van der Waals surface area contributed by atoms with Gasteiger partial charge in [0.1, 0.15) is 6.04 Å². The molecular formula is C9H16N2O3. The van der Waals surface area contributed by atoms with E-state index in [1.165, 1.54) is 0 Å². The maximum atomic E-state index is 11.4. The van der Waals surface area contributed by atoms with Crippen LogP contribution >= 0.6 is 0 Å². The Morgan fingerprint density at radius 1 is 1.64 bits per heavy atom. The van der Waals surface area contributed by atoms with Gasteiger partial charge in [-0.05, 0) is 12.3 Å². The number of aliphatic carboxylic acids is 1. The number of nitrogens with one attached hydrogen (secondary N) is 2. The van der Waals surface area contributed by atoms with Crippen molar-refractivity contribution < 1.29 is 14.7 Å². The highest BCUT2D eigenvalue weighted by atomic mass is 16.4. The fraction of sp³-hybridized carbons (Fsp3) is 0.778. The highest BCUT2D eigenvalue weighted by Crippen LogP contribution is 2.07. The lowest BCUT2D eigenvalue weighted by Gasteiger charge is -2.28. The number of carboxylic acids is 1. The molecule has 80 valence electrons. The first-order valence-corrected chi connectivity index (χ1v) is 4.77. The zero-order valence-corrected chi connectivity index (χ0v) is 8.41. The normalized spacial score (nSPS) is 27.5. The first-order valence-electron chi connectivity index (χ1n) is 4.77. The van der Waals surface area contributed by atoms with E-state index in [9.17, 15) is 9.59 Å². The molecule has 2 unspecified atom stereocenters. The number of rotatable bonds is 3. The smallest absolute Gasteiger partial charge is 0.327 e. The predicted octanol–water partition coefficient (Wildman–Crippen LogP) is -0.426. The largest absolute Gasteiger partial charge is 0.480 e. The number of carbonyl (C=O) groups excluding carboxylic acids is 1. The summed E-state index contributed by atoms with van der Waals surface area (Å²) in [6, 6.07) is -1.03. The van der Waals surface area contributed by atoms with Gasteiger partial charge in [0, 0.05) is 6.54 Å². The first-order chi connectivity index (χ1) is 6.50. The summed E-state index contributed by atoms with van der Waals surface area (Å²) >= 11 is 0. The van der Waals surface area contributed by atoms with Crippen LogP contribution in [0, 0.1) is 5.92 Å². The molecule has 0 aromatic rings. The van der Waals surface area contributed by atoms with Gasteiger partial charge in [-0.15, -0.1) is 0 Å². The summed E-state index contributed by atoms with van der Waals surface area (Å²) in [5.74, 6) is -0.786. The molecule has 2 atom stereocenters. The van der Waals surface area contributed by atoms with Gasteiger partial charge in [-0.25, -0.2) is 4.79 Å². The first kappa shape index (κ1) is 11.0. The second-order valence-corrected chi connectivity index (χ2v) is 3.99. The van der Waals surface area contributed by atoms with Crippen molar-refractivity contribution in [1.29, 1.82) is 0 Å². The Hall–Kier alpha value is -1.10. The second-order valence-electron chi connectivity index (χ2n) is 3.99. The summed E-state index contributed by atoms with van der Waals surface area (Å²) in [5, 5.41) is 14.1. The highest BCUT2D eigenvalue weighted by Gasteiger charge is 2.31. The summed E-state index contributed by atoms with van der Waals surface area (Å²) in [7, 11) is 0. The van der Waals surface area contributed by atoms with Gasteiger partial charge in [0.05, 0.1) is 6.04 Å². The molecule has 0 aromatic heterocycles. The summed E-state index contributed by atoms with van der Waals surface area (Å²) in [6.45, 7) is 4.36. The fourth-order valence-corrected chi connectivity index (χ4v) is 1.49. The summed E-state index contributed by atoms with van der Waals surface area (Å²) < 4.78 is 0. The Morgan fingerprint density at radius 2 is 2.29 bits per heavy atom. The molecule has 1 aliphatic heterocycles. The lowest BCUT2D eigenvalue weighted by molar-refractivity contribution is -0.143. The lowest BCUT2D eigenvalue weighted by atomic mass is 10.0. The van der Waals surface area contributed by atoms with Crippen LogP contribution in [0.3, 0.4) is 0 Å². The van der Waals surface area contributed by atoms with Gasteiger partial charge in [0.15, 0.2) is 0 Å². The van der Waals surface area contributed by atoms with E-state index in [1.54, 1.807) is 0 Å². The zero-order chi connectivity index (χ0) is 10.7. The van der Waals surface area contributed by atoms with Gasteiger partial charge >= 0.3 is 5.97 Å². The third kappa shape index (κ3) is 2.70. The van der Waals surface area contributed by atoms with E-state index in [0.29, 0.717) is 12.5 Å². The standard InChI is InChI=1S/C9H16N2O3/c1-5(2)3-6-8(12)11-7(4-10-6)9(13)14/h5-7,10H,3-4H2,1-2H3,(H,11,12)(H,13,14). The Labute approximate surface area is 82.9 Å². The monoisotopic (exact) mass is 200 g/mol. The molecule has 1 fully saturated rings. The minimum atomic E-state index is -0.992. The maximum Gasteiger partial charge on any atom is 0.327 e. The maximum absolute atomic E-state index is 11.4. The number of carboxylic acid groups (broad SMARTS) is 1. The molecule has 1 amide bonds. The van der Waals surface area contributed by atoms with Crippen LogP contribution in [0.2, 0.25) is 0 Å². The minimum Gasteiger partial charge on any atom is -0.480 e. The van der Waals surface area contributed by atoms with Gasteiger partial charge < -0.3 is 15.7 Å². The Bertz CT molecular complexity index is 240. The fourth-order valence-electron chi connectivity index (χ4n) is 1.49. The van der Waals surface area contributed by atoms with Crippen LogP contribution in [0.25, 0.3) is 0 Å². The van der Waals surface area contributed by atoms with Crippen LogP contribution in [-0.4, -0.2) is 35.6 Å². The van der Waals surface area contributed by atoms with Crippen molar-refractivity contribution in [1.82, 2.24) is 10.6 Å². The van der Waals surface area contributed by atoms with Crippen LogP contribution in [0.1, 0.15) is 20.3 Å². The van der Waals surface area contributed by atoms with E-state index in [0.717, 1.165) is 6.42 Å². The van der Waals surface area contributed by atoms with E-state index in [2.05, 4.69) is 10.6 Å². The molecule has 1 saturated heterocycles. The minimum absolute atomic E-state index is 0.211. The quantitative estimate of drug-likeness (QED) is 0.578. The van der Waals surface area contributed by atoms with Crippen molar-refractivity contribution in [2.75, 3.05) is 6.54 Å². The van der Waals surface area contributed by atoms with Crippen LogP contribution in [0.15, 0.2) is 0 Å². The van der Waals surface area contributed by atoms with Gasteiger partial charge in [-0.3, -0.25) is 4.79 Å².